The van der Waals surface area contributed by atoms with Crippen LogP contribution in [0.5, 0.6) is 0 Å². The minimum absolute atomic E-state index is 0.341. The van der Waals surface area contributed by atoms with Crippen molar-refractivity contribution in [1.82, 2.24) is 0 Å². The van der Waals surface area contributed by atoms with Crippen molar-refractivity contribution in [1.29, 1.82) is 0 Å². The topological polar surface area (TPSA) is 66.4 Å². The van der Waals surface area contributed by atoms with Gasteiger partial charge in [0.05, 0.1) is 20.8 Å². The van der Waals surface area contributed by atoms with Crippen LogP contribution in [-0.2, 0) is 22.4 Å². The Balaban J connectivity index is 4.19. The molecule has 0 aromatic carbocycles. The van der Waals surface area contributed by atoms with E-state index in [1.54, 1.807) is 0 Å². The highest BCUT2D eigenvalue weighted by atomic mass is 31.3. The second kappa shape index (κ2) is 11.6. The van der Waals surface area contributed by atoms with Gasteiger partial charge < -0.3 is 9.05 Å². The second-order valence-electron chi connectivity index (χ2n) is 4.49. The Labute approximate surface area is 129 Å². The van der Waals surface area contributed by atoms with Gasteiger partial charge in [0.15, 0.2) is 0 Å². The van der Waals surface area contributed by atoms with Gasteiger partial charge in [-0.3, -0.25) is 0 Å². The van der Waals surface area contributed by atoms with Crippen LogP contribution in [0.2, 0.25) is 0 Å². The molecule has 0 aliphatic rings. The Morgan fingerprint density at radius 1 is 1.10 bits per heavy atom. The molecule has 0 bridgehead atoms. The van der Waals surface area contributed by atoms with Gasteiger partial charge in [-0.15, -0.1) is 0 Å². The van der Waals surface area contributed by atoms with Crippen LogP contribution in [0.1, 0.15) is 33.6 Å². The van der Waals surface area contributed by atoms with Crippen molar-refractivity contribution in [3.8, 4) is 0 Å². The molecule has 1 atom stereocenters. The quantitative estimate of drug-likeness (QED) is 0.439. The van der Waals surface area contributed by atoms with Gasteiger partial charge in [-0.25, -0.2) is 0 Å². The lowest BCUT2D eigenvalue weighted by Gasteiger charge is -2.15. The van der Waals surface area contributed by atoms with E-state index in [2.05, 4.69) is 19.9 Å². The first-order valence-corrected chi connectivity index (χ1v) is 9.15. The van der Waals surface area contributed by atoms with Crippen LogP contribution in [0.15, 0.2) is 23.3 Å². The zero-order valence-electron chi connectivity index (χ0n) is 13.7. The van der Waals surface area contributed by atoms with Gasteiger partial charge in [0, 0.05) is 7.11 Å². The third-order valence-electron chi connectivity index (χ3n) is 2.48. The molecule has 0 amide bonds. The molecular formula is C13H27O6P2+. The summed E-state index contributed by atoms with van der Waals surface area (Å²) in [6, 6.07) is 0. The van der Waals surface area contributed by atoms with E-state index in [1.807, 2.05) is 13.0 Å². The normalized spacial score (nSPS) is 14.1. The second-order valence-corrected chi connectivity index (χ2v) is 7.88. The first-order valence-electron chi connectivity index (χ1n) is 6.56. The van der Waals surface area contributed by atoms with Crippen molar-refractivity contribution in [2.24, 2.45) is 0 Å². The molecule has 0 rings (SSSR count). The fourth-order valence-corrected chi connectivity index (χ4v) is 3.38. The number of hydrogen-bond donors (Lipinski definition) is 1. The van der Waals surface area contributed by atoms with Gasteiger partial charge in [-0.05, 0) is 33.6 Å². The maximum absolute atomic E-state index is 9.79. The molecule has 1 N–H and O–H groups in total. The van der Waals surface area contributed by atoms with E-state index in [-0.39, 0.29) is 0 Å². The highest BCUT2D eigenvalue weighted by Crippen LogP contribution is 2.66. The summed E-state index contributed by atoms with van der Waals surface area (Å²) >= 11 is 0. The number of rotatable bonds is 11. The highest BCUT2D eigenvalue weighted by Gasteiger charge is 2.47. The highest BCUT2D eigenvalue weighted by molar-refractivity contribution is 7.63. The van der Waals surface area contributed by atoms with Gasteiger partial charge >= 0.3 is 16.8 Å². The standard InChI is InChI=1S/C13H27O6P2/c1-12(2)8-7-9-13(3)10-11-18-20(15-4)19-21(14,16-5)17-6/h8,10,14H,7,9,11H2,1-6H3/q+1/b13-10+. The minimum atomic E-state index is -3.35. The molecule has 0 saturated heterocycles. The Kier molecular flexibility index (Phi) is 11.7. The third-order valence-corrected chi connectivity index (χ3v) is 5.42. The van der Waals surface area contributed by atoms with Crippen LogP contribution in [-0.4, -0.2) is 32.8 Å². The van der Waals surface area contributed by atoms with Gasteiger partial charge in [0.25, 0.3) is 0 Å². The molecule has 0 heterocycles. The molecule has 0 aromatic heterocycles. The predicted molar refractivity (Wildman–Crippen MR) is 86.5 cm³/mol. The maximum Gasteiger partial charge on any atom is 0.580 e. The van der Waals surface area contributed by atoms with Crippen LogP contribution < -0.4 is 0 Å². The fraction of sp³-hybridized carbons (Fsp3) is 0.692. The summed E-state index contributed by atoms with van der Waals surface area (Å²) in [5.41, 5.74) is 2.54. The predicted octanol–water partition coefficient (Wildman–Crippen LogP) is 4.55. The molecule has 8 heteroatoms. The molecule has 21 heavy (non-hydrogen) atoms. The van der Waals surface area contributed by atoms with Crippen molar-refractivity contribution >= 4 is 16.8 Å². The average Bonchev–Trinajstić information content (AvgIpc) is 2.45. The van der Waals surface area contributed by atoms with E-state index in [0.717, 1.165) is 12.8 Å². The Morgan fingerprint density at radius 3 is 2.19 bits per heavy atom. The van der Waals surface area contributed by atoms with E-state index >= 15 is 0 Å². The lowest BCUT2D eigenvalue weighted by atomic mass is 10.1. The molecule has 0 aliphatic heterocycles. The summed E-state index contributed by atoms with van der Waals surface area (Å²) in [7, 11) is -1.03. The molecule has 0 spiro atoms. The van der Waals surface area contributed by atoms with Crippen LogP contribution in [0.3, 0.4) is 0 Å². The van der Waals surface area contributed by atoms with E-state index in [4.69, 9.17) is 22.4 Å². The van der Waals surface area contributed by atoms with E-state index in [9.17, 15) is 4.89 Å². The van der Waals surface area contributed by atoms with Gasteiger partial charge in [0.1, 0.15) is 0 Å². The molecule has 0 radical (unpaired) electrons. The summed E-state index contributed by atoms with van der Waals surface area (Å²) in [5.74, 6) is 0. The number of hydrogen-bond acceptors (Lipinski definition) is 6. The minimum Gasteiger partial charge on any atom is -0.313 e. The summed E-state index contributed by atoms with van der Waals surface area (Å²) in [5, 5.41) is 0. The molecule has 0 fully saturated rings. The van der Waals surface area contributed by atoms with Crippen LogP contribution in [0.4, 0.5) is 0 Å². The van der Waals surface area contributed by atoms with Crippen molar-refractivity contribution in [2.75, 3.05) is 27.9 Å². The van der Waals surface area contributed by atoms with Crippen LogP contribution in [0.25, 0.3) is 0 Å². The summed E-state index contributed by atoms with van der Waals surface area (Å²) < 4.78 is 25.2. The zero-order chi connectivity index (χ0) is 16.3. The smallest absolute Gasteiger partial charge is 0.313 e. The van der Waals surface area contributed by atoms with Gasteiger partial charge in [-0.1, -0.05) is 27.6 Å². The lowest BCUT2D eigenvalue weighted by molar-refractivity contribution is 0.151. The average molecular weight is 341 g/mol. The lowest BCUT2D eigenvalue weighted by Crippen LogP contribution is -2.01. The first-order chi connectivity index (χ1) is 9.86. The number of allylic oxidation sites excluding steroid dienone is 3. The SMILES string of the molecule is COP(OC/C=C(\C)CCC=C(C)C)O[P+](O)(OC)OC. The Morgan fingerprint density at radius 2 is 1.71 bits per heavy atom. The largest absolute Gasteiger partial charge is 0.580 e. The monoisotopic (exact) mass is 341 g/mol. The molecular weight excluding hydrogens is 314 g/mol. The zero-order valence-corrected chi connectivity index (χ0v) is 15.4. The Hall–Kier alpha value is 0.100. The van der Waals surface area contributed by atoms with Crippen molar-refractivity contribution in [2.45, 2.75) is 33.6 Å². The summed E-state index contributed by atoms with van der Waals surface area (Å²) in [6.07, 6.45) is 6.16. The molecule has 0 saturated carbocycles. The van der Waals surface area contributed by atoms with E-state index < -0.39 is 16.8 Å². The van der Waals surface area contributed by atoms with Gasteiger partial charge in [-0.2, -0.15) is 13.9 Å². The van der Waals surface area contributed by atoms with Crippen molar-refractivity contribution < 1.29 is 27.3 Å². The molecule has 0 aromatic rings. The molecule has 124 valence electrons. The van der Waals surface area contributed by atoms with Crippen LogP contribution >= 0.6 is 16.8 Å². The van der Waals surface area contributed by atoms with E-state index in [1.165, 1.54) is 32.5 Å². The van der Waals surface area contributed by atoms with Crippen LogP contribution in [0, 0.1) is 0 Å². The molecule has 1 unspecified atom stereocenters. The maximum atomic E-state index is 9.79. The molecule has 6 nitrogen and oxygen atoms in total. The third kappa shape index (κ3) is 10.5. The summed E-state index contributed by atoms with van der Waals surface area (Å²) in [6.45, 7) is 6.56. The fourth-order valence-electron chi connectivity index (χ4n) is 1.27. The molecule has 0 aliphatic carbocycles. The van der Waals surface area contributed by atoms with Gasteiger partial charge in [0.2, 0.25) is 0 Å². The first kappa shape index (κ1) is 21.1. The summed E-state index contributed by atoms with van der Waals surface area (Å²) in [4.78, 5) is 9.79. The van der Waals surface area contributed by atoms with Crippen molar-refractivity contribution in [3.63, 3.8) is 0 Å². The Bertz CT molecular complexity index is 338. The van der Waals surface area contributed by atoms with E-state index in [0.29, 0.717) is 6.61 Å². The van der Waals surface area contributed by atoms with Crippen molar-refractivity contribution in [3.05, 3.63) is 23.3 Å².